The highest BCUT2D eigenvalue weighted by molar-refractivity contribution is 9.09. The number of halogens is 1. The van der Waals surface area contributed by atoms with Crippen LogP contribution in [0.2, 0.25) is 0 Å². The molecule has 1 aliphatic carbocycles. The quantitative estimate of drug-likeness (QED) is 0.430. The van der Waals surface area contributed by atoms with Gasteiger partial charge < -0.3 is 9.47 Å². The fraction of sp³-hybridized carbons (Fsp3) is 0.737. The first-order chi connectivity index (χ1) is 11.0. The molecule has 2 aliphatic rings. The fourth-order valence-corrected chi connectivity index (χ4v) is 2.73. The van der Waals surface area contributed by atoms with E-state index in [4.69, 9.17) is 14.7 Å². The maximum absolute atomic E-state index is 9.00. The highest BCUT2D eigenvalue weighted by Gasteiger charge is 2.57. The summed E-state index contributed by atoms with van der Waals surface area (Å²) >= 11 is 3.35. The van der Waals surface area contributed by atoms with Gasteiger partial charge in [-0.1, -0.05) is 67.9 Å². The molecular formula is C19H34BrNO2. The number of rotatable bonds is 2. The Morgan fingerprint density at radius 2 is 1.52 bits per heavy atom. The van der Waals surface area contributed by atoms with E-state index in [1.807, 2.05) is 59.8 Å². The highest BCUT2D eigenvalue weighted by Crippen LogP contribution is 2.53. The highest BCUT2D eigenvalue weighted by atomic mass is 79.9. The normalized spacial score (nSPS) is 21.0. The predicted octanol–water partition coefficient (Wildman–Crippen LogP) is 6.01. The Hall–Kier alpha value is -0.630. The number of hydrogen-bond acceptors (Lipinski definition) is 3. The zero-order valence-electron chi connectivity index (χ0n) is 15.9. The zero-order chi connectivity index (χ0) is 18.4. The van der Waals surface area contributed by atoms with Gasteiger partial charge in [0.05, 0.1) is 24.7 Å². The molecule has 1 heterocycles. The smallest absolute Gasteiger partial charge is 0.172 e. The van der Waals surface area contributed by atoms with Crippen LogP contribution in [-0.2, 0) is 9.47 Å². The van der Waals surface area contributed by atoms with Crippen LogP contribution in [-0.4, -0.2) is 23.8 Å². The van der Waals surface area contributed by atoms with Gasteiger partial charge in [0.2, 0.25) is 0 Å². The molecule has 134 valence electrons. The standard InChI is InChI=1S/C10H13NO2.C5H9Br.2C2H6/c1-2-3-9(8-11)6-10(7-9)12-4-5-13-10;1-3-4-5(2)6;2*1-2/h2-3H,4-7H2,1H3;3-5H,1-2H3;2*1-2H3/b3-2+;4-3-;;. The summed E-state index contributed by atoms with van der Waals surface area (Å²) < 4.78 is 10.9. The van der Waals surface area contributed by atoms with E-state index in [9.17, 15) is 0 Å². The molecule has 0 amide bonds. The van der Waals surface area contributed by atoms with Gasteiger partial charge in [0.15, 0.2) is 5.79 Å². The minimum atomic E-state index is -0.421. The van der Waals surface area contributed by atoms with E-state index in [1.54, 1.807) is 0 Å². The molecule has 0 N–H and O–H groups in total. The van der Waals surface area contributed by atoms with Crippen molar-refractivity contribution in [3.63, 3.8) is 0 Å². The molecule has 0 bridgehead atoms. The maximum atomic E-state index is 9.00. The van der Waals surface area contributed by atoms with Gasteiger partial charge in [0, 0.05) is 17.7 Å². The minimum absolute atomic E-state index is 0.334. The first-order valence-corrected chi connectivity index (χ1v) is 9.53. The maximum Gasteiger partial charge on any atom is 0.172 e. The summed E-state index contributed by atoms with van der Waals surface area (Å²) in [5, 5.41) is 9.00. The molecule has 0 radical (unpaired) electrons. The Labute approximate surface area is 151 Å². The van der Waals surface area contributed by atoms with E-state index < -0.39 is 5.79 Å². The molecule has 0 aromatic rings. The lowest BCUT2D eigenvalue weighted by Crippen LogP contribution is -2.51. The van der Waals surface area contributed by atoms with Crippen LogP contribution < -0.4 is 0 Å². The van der Waals surface area contributed by atoms with Gasteiger partial charge in [-0.2, -0.15) is 5.26 Å². The third-order valence-corrected chi connectivity index (χ3v) is 3.45. The van der Waals surface area contributed by atoms with E-state index in [-0.39, 0.29) is 5.41 Å². The molecule has 1 saturated heterocycles. The van der Waals surface area contributed by atoms with Crippen molar-refractivity contribution in [1.29, 1.82) is 5.26 Å². The minimum Gasteiger partial charge on any atom is -0.347 e. The average Bonchev–Trinajstić information content (AvgIpc) is 3.00. The number of nitriles is 1. The molecule has 23 heavy (non-hydrogen) atoms. The molecule has 0 aromatic carbocycles. The molecule has 1 unspecified atom stereocenters. The van der Waals surface area contributed by atoms with Crippen LogP contribution in [0.1, 0.15) is 61.3 Å². The topological polar surface area (TPSA) is 42.2 Å². The van der Waals surface area contributed by atoms with E-state index >= 15 is 0 Å². The molecule has 4 heteroatoms. The summed E-state index contributed by atoms with van der Waals surface area (Å²) in [6.45, 7) is 15.4. The third-order valence-electron chi connectivity index (χ3n) is 3.15. The summed E-state index contributed by atoms with van der Waals surface area (Å²) in [7, 11) is 0. The van der Waals surface area contributed by atoms with E-state index in [2.05, 4.69) is 35.0 Å². The lowest BCUT2D eigenvalue weighted by molar-refractivity contribution is -0.237. The summed E-state index contributed by atoms with van der Waals surface area (Å²) in [5.41, 5.74) is -0.334. The third kappa shape index (κ3) is 8.69. The van der Waals surface area contributed by atoms with Crippen molar-refractivity contribution in [3.05, 3.63) is 24.3 Å². The second-order valence-corrected chi connectivity index (χ2v) is 6.38. The van der Waals surface area contributed by atoms with Crippen LogP contribution in [0.15, 0.2) is 24.3 Å². The van der Waals surface area contributed by atoms with Crippen molar-refractivity contribution >= 4 is 15.9 Å². The van der Waals surface area contributed by atoms with E-state index in [1.165, 1.54) is 0 Å². The van der Waals surface area contributed by atoms with Gasteiger partial charge in [-0.25, -0.2) is 0 Å². The van der Waals surface area contributed by atoms with Crippen molar-refractivity contribution in [2.45, 2.75) is 71.9 Å². The van der Waals surface area contributed by atoms with Crippen LogP contribution in [0, 0.1) is 16.7 Å². The van der Waals surface area contributed by atoms with Crippen molar-refractivity contribution in [1.82, 2.24) is 0 Å². The molecular weight excluding hydrogens is 354 g/mol. The Kier molecular flexibility index (Phi) is 14.7. The molecule has 1 saturated carbocycles. The van der Waals surface area contributed by atoms with Gasteiger partial charge in [-0.3, -0.25) is 0 Å². The van der Waals surface area contributed by atoms with Crippen LogP contribution >= 0.6 is 15.9 Å². The van der Waals surface area contributed by atoms with Gasteiger partial charge in [0.1, 0.15) is 0 Å². The number of nitrogens with zero attached hydrogens (tertiary/aromatic N) is 1. The van der Waals surface area contributed by atoms with Gasteiger partial charge in [0.25, 0.3) is 0 Å². The largest absolute Gasteiger partial charge is 0.347 e. The molecule has 1 spiro atoms. The lowest BCUT2D eigenvalue weighted by atomic mass is 9.65. The van der Waals surface area contributed by atoms with E-state index in [0.29, 0.717) is 30.9 Å². The Morgan fingerprint density at radius 3 is 1.78 bits per heavy atom. The Bertz CT molecular complexity index is 369. The van der Waals surface area contributed by atoms with Crippen LogP contribution in [0.5, 0.6) is 0 Å². The number of hydrogen-bond donors (Lipinski definition) is 0. The van der Waals surface area contributed by atoms with E-state index in [0.717, 1.165) is 0 Å². The summed E-state index contributed by atoms with van der Waals surface area (Å²) in [5.74, 6) is -0.421. The molecule has 2 fully saturated rings. The van der Waals surface area contributed by atoms with Gasteiger partial charge in [-0.05, 0) is 20.8 Å². The van der Waals surface area contributed by atoms with Crippen molar-refractivity contribution in [3.8, 4) is 6.07 Å². The van der Waals surface area contributed by atoms with Crippen LogP contribution in [0.3, 0.4) is 0 Å². The predicted molar refractivity (Wildman–Crippen MR) is 103 cm³/mol. The Morgan fingerprint density at radius 1 is 1.04 bits per heavy atom. The van der Waals surface area contributed by atoms with Gasteiger partial charge >= 0.3 is 0 Å². The first-order valence-electron chi connectivity index (χ1n) is 8.61. The average molecular weight is 388 g/mol. The summed E-state index contributed by atoms with van der Waals surface area (Å²) in [4.78, 5) is 0.530. The van der Waals surface area contributed by atoms with Crippen LogP contribution in [0.25, 0.3) is 0 Å². The van der Waals surface area contributed by atoms with Gasteiger partial charge in [-0.15, -0.1) is 0 Å². The summed E-state index contributed by atoms with van der Waals surface area (Å²) in [6, 6.07) is 2.32. The first kappa shape index (κ1) is 24.6. The second kappa shape index (κ2) is 13.8. The Balaban J connectivity index is 0. The van der Waals surface area contributed by atoms with Crippen LogP contribution in [0.4, 0.5) is 0 Å². The molecule has 0 aromatic heterocycles. The SMILES string of the molecule is C/C=C/C1(C#N)CC2(C1)OCCO2.C/C=C\C(C)Br.CC.CC. The number of alkyl halides is 1. The fourth-order valence-electron chi connectivity index (χ4n) is 2.43. The van der Waals surface area contributed by atoms with Crippen molar-refractivity contribution in [2.24, 2.45) is 5.41 Å². The second-order valence-electron chi connectivity index (χ2n) is 4.93. The monoisotopic (exact) mass is 387 g/mol. The van der Waals surface area contributed by atoms with Crippen molar-refractivity contribution in [2.75, 3.05) is 13.2 Å². The lowest BCUT2D eigenvalue weighted by Gasteiger charge is -2.46. The molecule has 1 aliphatic heterocycles. The van der Waals surface area contributed by atoms with Crippen molar-refractivity contribution < 1.29 is 9.47 Å². The number of allylic oxidation sites excluding steroid dienone is 4. The molecule has 3 nitrogen and oxygen atoms in total. The number of ether oxygens (including phenoxy) is 2. The molecule has 1 atom stereocenters. The zero-order valence-corrected chi connectivity index (χ0v) is 17.4. The summed E-state index contributed by atoms with van der Waals surface area (Å²) in [6.07, 6.45) is 9.34. The molecule has 2 rings (SSSR count).